The molecule has 0 spiro atoms. The molecule has 3 rings (SSSR count). The summed E-state index contributed by atoms with van der Waals surface area (Å²) in [5.41, 5.74) is 3.25. The standard InChI is InChI=1S/C18H18N4O2/c1-13-6-8-15(9-7-13)22-12-17(20-21-22)18(23)19-11-14-4-3-5-16(10-14)24-2/h3-10,12H,11H2,1-2H3,(H,19,23). The molecule has 24 heavy (non-hydrogen) atoms. The van der Waals surface area contributed by atoms with Gasteiger partial charge in [0.1, 0.15) is 5.75 Å². The number of hydrogen-bond acceptors (Lipinski definition) is 4. The lowest BCUT2D eigenvalue weighted by Gasteiger charge is -2.05. The molecule has 6 heteroatoms. The number of nitrogens with zero attached hydrogens (tertiary/aromatic N) is 3. The molecule has 1 aromatic heterocycles. The number of rotatable bonds is 5. The maximum absolute atomic E-state index is 12.2. The summed E-state index contributed by atoms with van der Waals surface area (Å²) in [4.78, 5) is 12.2. The molecule has 0 fully saturated rings. The van der Waals surface area contributed by atoms with Gasteiger partial charge < -0.3 is 10.1 Å². The fraction of sp³-hybridized carbons (Fsp3) is 0.167. The Kier molecular flexibility index (Phi) is 4.56. The van der Waals surface area contributed by atoms with Crippen LogP contribution >= 0.6 is 0 Å². The third-order valence-corrected chi connectivity index (χ3v) is 3.61. The van der Waals surface area contributed by atoms with Crippen molar-refractivity contribution in [3.8, 4) is 11.4 Å². The van der Waals surface area contributed by atoms with Crippen molar-refractivity contribution in [1.29, 1.82) is 0 Å². The van der Waals surface area contributed by atoms with Crippen molar-refractivity contribution < 1.29 is 9.53 Å². The molecule has 0 saturated heterocycles. The van der Waals surface area contributed by atoms with Crippen LogP contribution in [0, 0.1) is 6.92 Å². The first-order chi connectivity index (χ1) is 11.7. The smallest absolute Gasteiger partial charge is 0.273 e. The minimum atomic E-state index is -0.267. The van der Waals surface area contributed by atoms with Crippen molar-refractivity contribution in [3.05, 3.63) is 71.5 Å². The van der Waals surface area contributed by atoms with Gasteiger partial charge in [-0.3, -0.25) is 4.79 Å². The van der Waals surface area contributed by atoms with Crippen molar-refractivity contribution in [1.82, 2.24) is 20.3 Å². The Labute approximate surface area is 140 Å². The van der Waals surface area contributed by atoms with Crippen LogP contribution in [0.3, 0.4) is 0 Å². The number of nitrogens with one attached hydrogen (secondary N) is 1. The Hall–Kier alpha value is -3.15. The van der Waals surface area contributed by atoms with E-state index >= 15 is 0 Å². The lowest BCUT2D eigenvalue weighted by molar-refractivity contribution is 0.0946. The SMILES string of the molecule is COc1cccc(CNC(=O)c2cn(-c3ccc(C)cc3)nn2)c1. The highest BCUT2D eigenvalue weighted by atomic mass is 16.5. The molecule has 1 N–H and O–H groups in total. The van der Waals surface area contributed by atoms with Crippen LogP contribution in [-0.2, 0) is 6.54 Å². The minimum Gasteiger partial charge on any atom is -0.497 e. The second-order valence-electron chi connectivity index (χ2n) is 5.42. The van der Waals surface area contributed by atoms with Crippen LogP contribution in [0.5, 0.6) is 5.75 Å². The van der Waals surface area contributed by atoms with Gasteiger partial charge in [-0.25, -0.2) is 4.68 Å². The molecule has 2 aromatic carbocycles. The number of carbonyl (C=O) groups excluding carboxylic acids is 1. The summed E-state index contributed by atoms with van der Waals surface area (Å²) in [6, 6.07) is 15.4. The van der Waals surface area contributed by atoms with Crippen LogP contribution < -0.4 is 10.1 Å². The Balaban J connectivity index is 1.66. The third-order valence-electron chi connectivity index (χ3n) is 3.61. The quantitative estimate of drug-likeness (QED) is 0.783. The first-order valence-electron chi connectivity index (χ1n) is 7.56. The Morgan fingerprint density at radius 3 is 2.75 bits per heavy atom. The zero-order chi connectivity index (χ0) is 16.9. The summed E-state index contributed by atoms with van der Waals surface area (Å²) in [5, 5.41) is 10.8. The van der Waals surface area contributed by atoms with Gasteiger partial charge in [0.15, 0.2) is 5.69 Å². The van der Waals surface area contributed by atoms with E-state index in [9.17, 15) is 4.79 Å². The third kappa shape index (κ3) is 3.60. The topological polar surface area (TPSA) is 69.0 Å². The number of aromatic nitrogens is 3. The molecule has 3 aromatic rings. The summed E-state index contributed by atoms with van der Waals surface area (Å²) in [6.45, 7) is 2.41. The van der Waals surface area contributed by atoms with Crippen LogP contribution in [0.25, 0.3) is 5.69 Å². The molecule has 1 heterocycles. The van der Waals surface area contributed by atoms with Crippen molar-refractivity contribution in [2.24, 2.45) is 0 Å². The van der Waals surface area contributed by atoms with Crippen molar-refractivity contribution >= 4 is 5.91 Å². The highest BCUT2D eigenvalue weighted by Crippen LogP contribution is 2.12. The number of ether oxygens (including phenoxy) is 1. The van der Waals surface area contributed by atoms with Gasteiger partial charge in [0.25, 0.3) is 5.91 Å². The number of benzene rings is 2. The highest BCUT2D eigenvalue weighted by Gasteiger charge is 2.11. The van der Waals surface area contributed by atoms with Crippen molar-refractivity contribution in [3.63, 3.8) is 0 Å². The Morgan fingerprint density at radius 1 is 1.21 bits per heavy atom. The fourth-order valence-corrected chi connectivity index (χ4v) is 2.25. The maximum Gasteiger partial charge on any atom is 0.273 e. The largest absolute Gasteiger partial charge is 0.497 e. The number of carbonyl (C=O) groups is 1. The van der Waals surface area contributed by atoms with E-state index in [1.165, 1.54) is 0 Å². The fourth-order valence-electron chi connectivity index (χ4n) is 2.25. The highest BCUT2D eigenvalue weighted by molar-refractivity contribution is 5.91. The maximum atomic E-state index is 12.2. The molecule has 0 bridgehead atoms. The van der Waals surface area contributed by atoms with E-state index in [-0.39, 0.29) is 11.6 Å². The lowest BCUT2D eigenvalue weighted by atomic mass is 10.2. The van der Waals surface area contributed by atoms with E-state index in [1.54, 1.807) is 18.0 Å². The van der Waals surface area contributed by atoms with Crippen LogP contribution in [0.2, 0.25) is 0 Å². The van der Waals surface area contributed by atoms with Crippen LogP contribution in [0.1, 0.15) is 21.6 Å². The molecule has 0 radical (unpaired) electrons. The van der Waals surface area contributed by atoms with Crippen LogP contribution in [0.4, 0.5) is 0 Å². The van der Waals surface area contributed by atoms with Gasteiger partial charge in [0.2, 0.25) is 0 Å². The summed E-state index contributed by atoms with van der Waals surface area (Å²) in [6.07, 6.45) is 1.62. The average Bonchev–Trinajstić information content (AvgIpc) is 3.10. The van der Waals surface area contributed by atoms with E-state index in [0.717, 1.165) is 22.6 Å². The molecule has 0 aliphatic carbocycles. The van der Waals surface area contributed by atoms with Gasteiger partial charge in [-0.2, -0.15) is 0 Å². The predicted molar refractivity (Wildman–Crippen MR) is 90.3 cm³/mol. The molecule has 1 amide bonds. The number of amides is 1. The summed E-state index contributed by atoms with van der Waals surface area (Å²) in [7, 11) is 1.61. The first-order valence-corrected chi connectivity index (χ1v) is 7.56. The lowest BCUT2D eigenvalue weighted by Crippen LogP contribution is -2.23. The molecule has 0 aliphatic rings. The summed E-state index contributed by atoms with van der Waals surface area (Å²) in [5.74, 6) is 0.489. The van der Waals surface area contributed by atoms with E-state index in [4.69, 9.17) is 4.74 Å². The van der Waals surface area contributed by atoms with Gasteiger partial charge in [-0.05, 0) is 36.8 Å². The predicted octanol–water partition coefficient (Wildman–Crippen LogP) is 2.51. The van der Waals surface area contributed by atoms with Gasteiger partial charge in [0, 0.05) is 6.54 Å². The van der Waals surface area contributed by atoms with E-state index in [2.05, 4.69) is 15.6 Å². The van der Waals surface area contributed by atoms with Crippen molar-refractivity contribution in [2.75, 3.05) is 7.11 Å². The zero-order valence-electron chi connectivity index (χ0n) is 13.6. The van der Waals surface area contributed by atoms with E-state index < -0.39 is 0 Å². The van der Waals surface area contributed by atoms with E-state index in [0.29, 0.717) is 6.54 Å². The van der Waals surface area contributed by atoms with Crippen molar-refractivity contribution in [2.45, 2.75) is 13.5 Å². The molecular formula is C18H18N4O2. The average molecular weight is 322 g/mol. The Morgan fingerprint density at radius 2 is 2.00 bits per heavy atom. The van der Waals surface area contributed by atoms with Gasteiger partial charge >= 0.3 is 0 Å². The molecular weight excluding hydrogens is 304 g/mol. The second-order valence-corrected chi connectivity index (χ2v) is 5.42. The summed E-state index contributed by atoms with van der Waals surface area (Å²) >= 11 is 0. The first kappa shape index (κ1) is 15.7. The molecule has 0 atom stereocenters. The number of hydrogen-bond donors (Lipinski definition) is 1. The number of aryl methyl sites for hydroxylation is 1. The van der Waals surface area contributed by atoms with Crippen LogP contribution in [0.15, 0.2) is 54.7 Å². The van der Waals surface area contributed by atoms with Gasteiger partial charge in [0.05, 0.1) is 19.0 Å². The van der Waals surface area contributed by atoms with Gasteiger partial charge in [-0.1, -0.05) is 35.0 Å². The monoisotopic (exact) mass is 322 g/mol. The van der Waals surface area contributed by atoms with Crippen LogP contribution in [-0.4, -0.2) is 28.0 Å². The summed E-state index contributed by atoms with van der Waals surface area (Å²) < 4.78 is 6.75. The minimum absolute atomic E-state index is 0.267. The zero-order valence-corrected chi connectivity index (χ0v) is 13.6. The normalized spacial score (nSPS) is 10.4. The molecule has 122 valence electrons. The number of methoxy groups -OCH3 is 1. The second kappa shape index (κ2) is 6.95. The van der Waals surface area contributed by atoms with E-state index in [1.807, 2.05) is 55.5 Å². The molecule has 0 aliphatic heterocycles. The molecule has 0 unspecified atom stereocenters. The molecule has 6 nitrogen and oxygen atoms in total. The Bertz CT molecular complexity index is 840. The molecule has 0 saturated carbocycles. The van der Waals surface area contributed by atoms with Gasteiger partial charge in [-0.15, -0.1) is 5.10 Å².